The minimum absolute atomic E-state index is 0.0189. The molecule has 4 rings (SSSR count). The van der Waals surface area contributed by atoms with Crippen molar-refractivity contribution in [2.75, 3.05) is 62.3 Å². The molecule has 0 spiro atoms. The second-order valence-corrected chi connectivity index (χ2v) is 6.46. The predicted octanol–water partition coefficient (Wildman–Crippen LogP) is 1.28. The van der Waals surface area contributed by atoms with E-state index >= 15 is 0 Å². The van der Waals surface area contributed by atoms with Crippen LogP contribution in [0.3, 0.4) is 0 Å². The minimum atomic E-state index is -0.0189. The predicted molar refractivity (Wildman–Crippen MR) is 99.6 cm³/mol. The summed E-state index contributed by atoms with van der Waals surface area (Å²) in [7, 11) is 0. The Morgan fingerprint density at radius 2 is 1.62 bits per heavy atom. The van der Waals surface area contributed by atoms with Crippen LogP contribution in [0.4, 0.5) is 11.6 Å². The average molecular weight is 353 g/mol. The van der Waals surface area contributed by atoms with Gasteiger partial charge in [-0.15, -0.1) is 0 Å². The van der Waals surface area contributed by atoms with Crippen molar-refractivity contribution < 1.29 is 9.53 Å². The Labute approximate surface area is 153 Å². The Bertz CT molecular complexity index is 741. The molecule has 1 amide bonds. The second kappa shape index (κ2) is 7.70. The molecule has 7 heteroatoms. The number of anilines is 2. The molecule has 2 aromatic rings. The number of hydrogen-bond donors (Lipinski definition) is 0. The molecule has 0 saturated carbocycles. The molecule has 26 heavy (non-hydrogen) atoms. The number of hydrogen-bond acceptors (Lipinski definition) is 6. The lowest BCUT2D eigenvalue weighted by atomic mass is 10.2. The number of benzene rings is 1. The lowest BCUT2D eigenvalue weighted by molar-refractivity contribution is 0.0740. The molecule has 0 N–H and O–H groups in total. The van der Waals surface area contributed by atoms with Gasteiger partial charge in [-0.2, -0.15) is 0 Å². The molecule has 1 aromatic carbocycles. The van der Waals surface area contributed by atoms with Crippen LogP contribution in [-0.4, -0.2) is 73.3 Å². The van der Waals surface area contributed by atoms with E-state index in [1.54, 1.807) is 12.3 Å². The highest BCUT2D eigenvalue weighted by Gasteiger charge is 2.24. The van der Waals surface area contributed by atoms with Crippen LogP contribution in [-0.2, 0) is 4.74 Å². The molecule has 0 unspecified atom stereocenters. The number of nitrogens with zero attached hydrogens (tertiary/aromatic N) is 5. The first-order valence-corrected chi connectivity index (χ1v) is 9.06. The monoisotopic (exact) mass is 353 g/mol. The van der Waals surface area contributed by atoms with Gasteiger partial charge in [-0.25, -0.2) is 9.97 Å². The van der Waals surface area contributed by atoms with Gasteiger partial charge in [0.25, 0.3) is 5.91 Å². The summed E-state index contributed by atoms with van der Waals surface area (Å²) >= 11 is 0. The maximum atomic E-state index is 12.9. The van der Waals surface area contributed by atoms with Gasteiger partial charge in [-0.3, -0.25) is 4.79 Å². The van der Waals surface area contributed by atoms with Gasteiger partial charge in [0.15, 0.2) is 0 Å². The third-order valence-electron chi connectivity index (χ3n) is 4.84. The quantitative estimate of drug-likeness (QED) is 0.828. The highest BCUT2D eigenvalue weighted by molar-refractivity contribution is 5.92. The van der Waals surface area contributed by atoms with Crippen LogP contribution in [0.5, 0.6) is 0 Å². The van der Waals surface area contributed by atoms with E-state index in [9.17, 15) is 4.79 Å². The molecule has 0 bridgehead atoms. The van der Waals surface area contributed by atoms with E-state index in [0.29, 0.717) is 37.9 Å². The fourth-order valence-electron chi connectivity index (χ4n) is 3.35. The number of amides is 1. The van der Waals surface area contributed by atoms with E-state index in [0.717, 1.165) is 26.2 Å². The highest BCUT2D eigenvalue weighted by atomic mass is 16.5. The smallest absolute Gasteiger partial charge is 0.272 e. The van der Waals surface area contributed by atoms with E-state index < -0.39 is 0 Å². The second-order valence-electron chi connectivity index (χ2n) is 6.46. The van der Waals surface area contributed by atoms with Gasteiger partial charge in [0.05, 0.1) is 13.2 Å². The van der Waals surface area contributed by atoms with Crippen LogP contribution in [0.2, 0.25) is 0 Å². The van der Waals surface area contributed by atoms with Crippen LogP contribution in [0.1, 0.15) is 10.5 Å². The Balaban J connectivity index is 1.40. The number of piperazine rings is 1. The van der Waals surface area contributed by atoms with Crippen LogP contribution in [0, 0.1) is 0 Å². The molecule has 0 aliphatic carbocycles. The van der Waals surface area contributed by atoms with Gasteiger partial charge in [0.2, 0.25) is 5.95 Å². The minimum Gasteiger partial charge on any atom is -0.378 e. The zero-order chi connectivity index (χ0) is 17.8. The molecule has 2 aliphatic rings. The van der Waals surface area contributed by atoms with Crippen molar-refractivity contribution in [3.8, 4) is 0 Å². The molecule has 2 fully saturated rings. The standard InChI is InChI=1S/C19H23N5O2/c25-18(17-6-7-20-19(21-17)24-12-14-26-15-13-24)23-10-8-22(9-11-23)16-4-2-1-3-5-16/h1-7H,8-15H2. The summed E-state index contributed by atoms with van der Waals surface area (Å²) in [5.41, 5.74) is 1.67. The van der Waals surface area contributed by atoms with E-state index in [1.807, 2.05) is 23.1 Å². The van der Waals surface area contributed by atoms with Crippen LogP contribution in [0.15, 0.2) is 42.6 Å². The van der Waals surface area contributed by atoms with Gasteiger partial charge in [0.1, 0.15) is 5.69 Å². The summed E-state index contributed by atoms with van der Waals surface area (Å²) in [5.74, 6) is 0.594. The van der Waals surface area contributed by atoms with Crippen molar-refractivity contribution in [2.45, 2.75) is 0 Å². The summed E-state index contributed by atoms with van der Waals surface area (Å²) in [4.78, 5) is 27.9. The van der Waals surface area contributed by atoms with Crippen LogP contribution in [0.25, 0.3) is 0 Å². The third-order valence-corrected chi connectivity index (χ3v) is 4.84. The summed E-state index contributed by atoms with van der Waals surface area (Å²) in [6.45, 7) is 5.91. The fraction of sp³-hybridized carbons (Fsp3) is 0.421. The highest BCUT2D eigenvalue weighted by Crippen LogP contribution is 2.17. The van der Waals surface area contributed by atoms with E-state index in [1.165, 1.54) is 5.69 Å². The first kappa shape index (κ1) is 16.8. The van der Waals surface area contributed by atoms with Crippen molar-refractivity contribution in [1.82, 2.24) is 14.9 Å². The average Bonchev–Trinajstić information content (AvgIpc) is 2.75. The fourth-order valence-corrected chi connectivity index (χ4v) is 3.35. The first-order chi connectivity index (χ1) is 12.8. The number of para-hydroxylation sites is 1. The van der Waals surface area contributed by atoms with Gasteiger partial charge in [0, 0.05) is 51.2 Å². The van der Waals surface area contributed by atoms with E-state index in [4.69, 9.17) is 4.74 Å². The maximum Gasteiger partial charge on any atom is 0.272 e. The van der Waals surface area contributed by atoms with Gasteiger partial charge in [-0.1, -0.05) is 18.2 Å². The molecule has 3 heterocycles. The Morgan fingerprint density at radius 3 is 2.35 bits per heavy atom. The summed E-state index contributed by atoms with van der Waals surface area (Å²) in [6.07, 6.45) is 1.67. The molecule has 2 aliphatic heterocycles. The number of rotatable bonds is 3. The Morgan fingerprint density at radius 1 is 0.885 bits per heavy atom. The lowest BCUT2D eigenvalue weighted by Crippen LogP contribution is -2.49. The molecule has 1 aromatic heterocycles. The van der Waals surface area contributed by atoms with Crippen LogP contribution < -0.4 is 9.80 Å². The third kappa shape index (κ3) is 3.62. The zero-order valence-electron chi connectivity index (χ0n) is 14.8. The van der Waals surface area contributed by atoms with Crippen molar-refractivity contribution in [1.29, 1.82) is 0 Å². The van der Waals surface area contributed by atoms with Crippen molar-refractivity contribution >= 4 is 17.5 Å². The molecular formula is C19H23N5O2. The molecule has 136 valence electrons. The number of carbonyl (C=O) groups excluding carboxylic acids is 1. The molecule has 7 nitrogen and oxygen atoms in total. The zero-order valence-corrected chi connectivity index (χ0v) is 14.8. The van der Waals surface area contributed by atoms with Gasteiger partial charge >= 0.3 is 0 Å². The topological polar surface area (TPSA) is 61.8 Å². The van der Waals surface area contributed by atoms with Gasteiger partial charge < -0.3 is 19.4 Å². The van der Waals surface area contributed by atoms with E-state index in [2.05, 4.69) is 31.9 Å². The number of aromatic nitrogens is 2. The van der Waals surface area contributed by atoms with Crippen molar-refractivity contribution in [3.63, 3.8) is 0 Å². The van der Waals surface area contributed by atoms with Crippen molar-refractivity contribution in [3.05, 3.63) is 48.3 Å². The first-order valence-electron chi connectivity index (χ1n) is 9.06. The summed E-state index contributed by atoms with van der Waals surface area (Å²) in [5, 5.41) is 0. The largest absolute Gasteiger partial charge is 0.378 e. The van der Waals surface area contributed by atoms with E-state index in [-0.39, 0.29) is 5.91 Å². The van der Waals surface area contributed by atoms with Gasteiger partial charge in [-0.05, 0) is 18.2 Å². The molecular weight excluding hydrogens is 330 g/mol. The number of morpholine rings is 1. The summed E-state index contributed by atoms with van der Waals surface area (Å²) < 4.78 is 5.36. The van der Waals surface area contributed by atoms with Crippen molar-refractivity contribution in [2.24, 2.45) is 0 Å². The number of ether oxygens (including phenoxy) is 1. The summed E-state index contributed by atoms with van der Waals surface area (Å²) in [6, 6.07) is 12.0. The molecule has 0 atom stereocenters. The maximum absolute atomic E-state index is 12.9. The SMILES string of the molecule is O=C(c1ccnc(N2CCOCC2)n1)N1CCN(c2ccccc2)CC1. The Kier molecular flexibility index (Phi) is 4.97. The molecule has 2 saturated heterocycles. The number of carbonyl (C=O) groups is 1. The Hall–Kier alpha value is -2.67. The lowest BCUT2D eigenvalue weighted by Gasteiger charge is -2.36. The normalized spacial score (nSPS) is 18.1. The van der Waals surface area contributed by atoms with Crippen LogP contribution >= 0.6 is 0 Å². The molecule has 0 radical (unpaired) electrons.